The Balaban J connectivity index is 0.891. The van der Waals surface area contributed by atoms with Crippen LogP contribution >= 0.6 is 0 Å². The quantitative estimate of drug-likeness (QED) is 0.135. The van der Waals surface area contributed by atoms with E-state index >= 15 is 0 Å². The van der Waals surface area contributed by atoms with E-state index in [1.807, 2.05) is 0 Å². The van der Waals surface area contributed by atoms with Crippen LogP contribution in [0.4, 0.5) is 34.1 Å². The Morgan fingerprint density at radius 3 is 1.21 bits per heavy atom. The highest BCUT2D eigenvalue weighted by molar-refractivity contribution is 6.01. The molecular formula is C66H46N2. The maximum Gasteiger partial charge on any atom is 0.0540 e. The van der Waals surface area contributed by atoms with Gasteiger partial charge in [-0.1, -0.05) is 206 Å². The van der Waals surface area contributed by atoms with Crippen LogP contribution in [0.25, 0.3) is 76.8 Å². The van der Waals surface area contributed by atoms with E-state index in [9.17, 15) is 0 Å². The Bertz CT molecular complexity index is 3700. The van der Waals surface area contributed by atoms with Crippen LogP contribution < -0.4 is 9.80 Å². The van der Waals surface area contributed by atoms with Gasteiger partial charge in [0.05, 0.1) is 5.69 Å². The zero-order valence-electron chi connectivity index (χ0n) is 37.5. The van der Waals surface area contributed by atoms with Gasteiger partial charge in [-0.25, -0.2) is 0 Å². The van der Waals surface area contributed by atoms with Gasteiger partial charge in [0.25, 0.3) is 0 Å². The van der Waals surface area contributed by atoms with E-state index in [0.29, 0.717) is 0 Å². The molecule has 0 amide bonds. The molecule has 2 heteroatoms. The highest BCUT2D eigenvalue weighted by atomic mass is 15.1. The third-order valence-corrected chi connectivity index (χ3v) is 13.2. The molecule has 12 rings (SSSR count). The summed E-state index contributed by atoms with van der Waals surface area (Å²) in [5, 5.41) is 7.36. The van der Waals surface area contributed by atoms with Crippen molar-refractivity contribution in [2.75, 3.05) is 9.80 Å². The van der Waals surface area contributed by atoms with Crippen LogP contribution in [-0.4, -0.2) is 0 Å². The van der Waals surface area contributed by atoms with Crippen LogP contribution in [0.15, 0.2) is 279 Å². The van der Waals surface area contributed by atoms with Gasteiger partial charge in [0.2, 0.25) is 0 Å². The summed E-state index contributed by atoms with van der Waals surface area (Å²) in [4.78, 5) is 4.74. The van der Waals surface area contributed by atoms with Crippen molar-refractivity contribution in [1.29, 1.82) is 0 Å². The second kappa shape index (κ2) is 17.8. The molecule has 2 nitrogen and oxygen atoms in total. The molecule has 0 heterocycles. The minimum Gasteiger partial charge on any atom is -0.311 e. The van der Waals surface area contributed by atoms with Crippen LogP contribution in [0.3, 0.4) is 0 Å². The third kappa shape index (κ3) is 7.85. The normalized spacial score (nSPS) is 11.2. The number of hydrogen-bond donors (Lipinski definition) is 0. The van der Waals surface area contributed by atoms with Crippen LogP contribution in [0.2, 0.25) is 0 Å². The fraction of sp³-hybridized carbons (Fsp3) is 0. The van der Waals surface area contributed by atoms with E-state index in [2.05, 4.69) is 289 Å². The molecule has 68 heavy (non-hydrogen) atoms. The summed E-state index contributed by atoms with van der Waals surface area (Å²) in [5.41, 5.74) is 16.2. The first-order valence-electron chi connectivity index (χ1n) is 23.3. The van der Waals surface area contributed by atoms with E-state index < -0.39 is 0 Å². The molecule has 0 radical (unpaired) electrons. The zero-order chi connectivity index (χ0) is 45.2. The van der Waals surface area contributed by atoms with Gasteiger partial charge < -0.3 is 9.80 Å². The number of fused-ring (bicyclic) bond motifs is 3. The summed E-state index contributed by atoms with van der Waals surface area (Å²) in [7, 11) is 0. The molecule has 0 fully saturated rings. The average Bonchev–Trinajstić information content (AvgIpc) is 3.42. The first kappa shape index (κ1) is 40.5. The number of anilines is 6. The fourth-order valence-corrected chi connectivity index (χ4v) is 9.78. The summed E-state index contributed by atoms with van der Waals surface area (Å²) in [6, 6.07) is 101. The van der Waals surface area contributed by atoms with Gasteiger partial charge in [0, 0.05) is 33.8 Å². The summed E-state index contributed by atoms with van der Waals surface area (Å²) >= 11 is 0. The molecular weight excluding hydrogens is 821 g/mol. The molecule has 0 aromatic heterocycles. The molecule has 0 aliphatic rings. The maximum absolute atomic E-state index is 2.39. The second-order valence-electron chi connectivity index (χ2n) is 17.4. The standard InChI is InChI=1S/C66H46N2/c1-2-13-47(14-3-1)55-21-10-22-56(45-55)51-31-38-59(39-32-51)67(60-42-34-54(35-43-60)64-25-11-19-52-16-6-8-23-63(52)64)58-36-27-49(28-37-58)50-29-40-61(41-30-50)68(62-44-33-48-15-4-5-18-57(48)46-62)66-26-12-20-53-17-7-9-24-65(53)66/h1-46H. The van der Waals surface area contributed by atoms with Crippen LogP contribution in [-0.2, 0) is 0 Å². The van der Waals surface area contributed by atoms with Crippen molar-refractivity contribution in [3.8, 4) is 44.5 Å². The van der Waals surface area contributed by atoms with Gasteiger partial charge >= 0.3 is 0 Å². The molecule has 320 valence electrons. The lowest BCUT2D eigenvalue weighted by Crippen LogP contribution is -2.10. The van der Waals surface area contributed by atoms with E-state index in [0.717, 1.165) is 45.3 Å². The summed E-state index contributed by atoms with van der Waals surface area (Å²) in [6.07, 6.45) is 0. The Morgan fingerprint density at radius 1 is 0.191 bits per heavy atom. The minimum absolute atomic E-state index is 1.08. The van der Waals surface area contributed by atoms with Crippen molar-refractivity contribution in [2.24, 2.45) is 0 Å². The molecule has 0 spiro atoms. The lowest BCUT2D eigenvalue weighted by Gasteiger charge is -2.27. The van der Waals surface area contributed by atoms with Crippen molar-refractivity contribution in [2.45, 2.75) is 0 Å². The molecule has 0 N–H and O–H groups in total. The first-order chi connectivity index (χ1) is 33.7. The van der Waals surface area contributed by atoms with Crippen molar-refractivity contribution in [1.82, 2.24) is 0 Å². The summed E-state index contributed by atoms with van der Waals surface area (Å²) in [6.45, 7) is 0. The predicted molar refractivity (Wildman–Crippen MR) is 290 cm³/mol. The van der Waals surface area contributed by atoms with Gasteiger partial charge in [-0.15, -0.1) is 0 Å². The van der Waals surface area contributed by atoms with Crippen LogP contribution in [0.5, 0.6) is 0 Å². The van der Waals surface area contributed by atoms with Crippen molar-refractivity contribution >= 4 is 66.4 Å². The molecule has 0 atom stereocenters. The lowest BCUT2D eigenvalue weighted by atomic mass is 9.97. The summed E-state index contributed by atoms with van der Waals surface area (Å²) < 4.78 is 0. The number of nitrogens with zero attached hydrogens (tertiary/aromatic N) is 2. The first-order valence-corrected chi connectivity index (χ1v) is 23.3. The van der Waals surface area contributed by atoms with Gasteiger partial charge in [-0.05, 0) is 144 Å². The third-order valence-electron chi connectivity index (χ3n) is 13.2. The van der Waals surface area contributed by atoms with E-state index in [4.69, 9.17) is 0 Å². The Kier molecular flexibility index (Phi) is 10.6. The highest BCUT2D eigenvalue weighted by Gasteiger charge is 2.18. The molecule has 0 bridgehead atoms. The Morgan fingerprint density at radius 2 is 0.588 bits per heavy atom. The largest absolute Gasteiger partial charge is 0.311 e. The number of rotatable bonds is 10. The van der Waals surface area contributed by atoms with Crippen molar-refractivity contribution in [3.05, 3.63) is 279 Å². The molecule has 12 aromatic rings. The van der Waals surface area contributed by atoms with Crippen LogP contribution in [0, 0.1) is 0 Å². The van der Waals surface area contributed by atoms with Crippen molar-refractivity contribution < 1.29 is 0 Å². The SMILES string of the molecule is c1ccc(-c2cccc(-c3ccc(N(c4ccc(-c5ccc(N(c6ccc7ccccc7c6)c6cccc7ccccc67)cc5)cc4)c4ccc(-c5cccc6ccccc56)cc4)cc3)c2)cc1. The van der Waals surface area contributed by atoms with Crippen LogP contribution in [0.1, 0.15) is 0 Å². The lowest BCUT2D eigenvalue weighted by molar-refractivity contribution is 1.28. The highest BCUT2D eigenvalue weighted by Crippen LogP contribution is 2.42. The molecule has 0 unspecified atom stereocenters. The van der Waals surface area contributed by atoms with E-state index in [-0.39, 0.29) is 0 Å². The zero-order valence-corrected chi connectivity index (χ0v) is 37.5. The van der Waals surface area contributed by atoms with Gasteiger partial charge in [0.1, 0.15) is 0 Å². The summed E-state index contributed by atoms with van der Waals surface area (Å²) in [5.74, 6) is 0. The molecule has 12 aromatic carbocycles. The van der Waals surface area contributed by atoms with E-state index in [1.54, 1.807) is 0 Å². The van der Waals surface area contributed by atoms with Gasteiger partial charge in [0.15, 0.2) is 0 Å². The smallest absolute Gasteiger partial charge is 0.0540 e. The molecule has 0 saturated heterocycles. The Hall–Kier alpha value is -8.98. The topological polar surface area (TPSA) is 6.48 Å². The second-order valence-corrected chi connectivity index (χ2v) is 17.4. The van der Waals surface area contributed by atoms with Gasteiger partial charge in [-0.3, -0.25) is 0 Å². The molecule has 0 aliphatic heterocycles. The average molecular weight is 867 g/mol. The predicted octanol–water partition coefficient (Wildman–Crippen LogP) is 18.8. The number of hydrogen-bond acceptors (Lipinski definition) is 2. The number of benzene rings is 12. The minimum atomic E-state index is 1.08. The van der Waals surface area contributed by atoms with Crippen molar-refractivity contribution in [3.63, 3.8) is 0 Å². The fourth-order valence-electron chi connectivity index (χ4n) is 9.78. The molecule has 0 aliphatic carbocycles. The molecule has 0 saturated carbocycles. The van der Waals surface area contributed by atoms with E-state index in [1.165, 1.54) is 65.7 Å². The monoisotopic (exact) mass is 866 g/mol. The Labute approximate surface area is 397 Å². The maximum atomic E-state index is 2.39. The van der Waals surface area contributed by atoms with Gasteiger partial charge in [-0.2, -0.15) is 0 Å².